The SMILES string of the molecule is CC1CNCCC1NC(=O)c1cc2c([nH]c1=O)CC(C)(C)CC2=O. The van der Waals surface area contributed by atoms with Gasteiger partial charge in [0.05, 0.1) is 0 Å². The van der Waals surface area contributed by atoms with Gasteiger partial charge in [0.2, 0.25) is 0 Å². The highest BCUT2D eigenvalue weighted by Gasteiger charge is 2.33. The average molecular weight is 331 g/mol. The van der Waals surface area contributed by atoms with Crippen LogP contribution in [0, 0.1) is 11.3 Å². The molecular weight excluding hydrogens is 306 g/mol. The standard InChI is InChI=1S/C18H25N3O3/c1-10-9-19-5-4-13(10)20-16(23)12-6-11-14(21-17(12)24)7-18(2,3)8-15(11)22/h6,10,13,19H,4-5,7-9H2,1-3H3,(H,20,23)(H,21,24). The van der Waals surface area contributed by atoms with Crippen molar-refractivity contribution in [1.29, 1.82) is 0 Å². The van der Waals surface area contributed by atoms with E-state index in [2.05, 4.69) is 22.5 Å². The normalized spacial score (nSPS) is 25.9. The summed E-state index contributed by atoms with van der Waals surface area (Å²) in [7, 11) is 0. The highest BCUT2D eigenvalue weighted by molar-refractivity contribution is 6.02. The zero-order valence-corrected chi connectivity index (χ0v) is 14.5. The molecule has 0 saturated carbocycles. The van der Waals surface area contributed by atoms with E-state index < -0.39 is 11.5 Å². The lowest BCUT2D eigenvalue weighted by molar-refractivity contribution is 0.0909. The third-order valence-electron chi connectivity index (χ3n) is 5.06. The van der Waals surface area contributed by atoms with Gasteiger partial charge in [-0.3, -0.25) is 14.4 Å². The number of aromatic amines is 1. The Hall–Kier alpha value is -1.95. The molecular formula is C18H25N3O3. The van der Waals surface area contributed by atoms with E-state index in [4.69, 9.17) is 0 Å². The molecule has 0 radical (unpaired) electrons. The van der Waals surface area contributed by atoms with Gasteiger partial charge >= 0.3 is 0 Å². The Morgan fingerprint density at radius 1 is 1.29 bits per heavy atom. The van der Waals surface area contributed by atoms with Gasteiger partial charge < -0.3 is 15.6 Å². The third kappa shape index (κ3) is 3.29. The lowest BCUT2D eigenvalue weighted by Gasteiger charge is -2.31. The maximum Gasteiger partial charge on any atom is 0.261 e. The molecule has 130 valence electrons. The van der Waals surface area contributed by atoms with Crippen LogP contribution >= 0.6 is 0 Å². The summed E-state index contributed by atoms with van der Waals surface area (Å²) >= 11 is 0. The molecule has 1 aromatic rings. The van der Waals surface area contributed by atoms with Gasteiger partial charge in [0.1, 0.15) is 5.56 Å². The van der Waals surface area contributed by atoms with Crippen molar-refractivity contribution in [1.82, 2.24) is 15.6 Å². The van der Waals surface area contributed by atoms with Gasteiger partial charge in [0.25, 0.3) is 11.5 Å². The van der Waals surface area contributed by atoms with Gasteiger partial charge in [0, 0.05) is 23.7 Å². The van der Waals surface area contributed by atoms with Crippen LogP contribution in [0.2, 0.25) is 0 Å². The van der Waals surface area contributed by atoms with E-state index in [0.29, 0.717) is 30.0 Å². The number of H-pyrrole nitrogens is 1. The average Bonchev–Trinajstić information content (AvgIpc) is 2.47. The molecule has 2 aliphatic rings. The number of pyridine rings is 1. The number of piperidine rings is 1. The van der Waals surface area contributed by atoms with Crippen LogP contribution in [0.1, 0.15) is 60.0 Å². The molecule has 1 amide bonds. The number of rotatable bonds is 2. The minimum Gasteiger partial charge on any atom is -0.349 e. The zero-order valence-electron chi connectivity index (χ0n) is 14.5. The van der Waals surface area contributed by atoms with E-state index in [1.54, 1.807) is 0 Å². The van der Waals surface area contributed by atoms with Crippen molar-refractivity contribution in [3.63, 3.8) is 0 Å². The monoisotopic (exact) mass is 331 g/mol. The quantitative estimate of drug-likeness (QED) is 0.761. The first-order valence-electron chi connectivity index (χ1n) is 8.58. The summed E-state index contributed by atoms with van der Waals surface area (Å²) in [6, 6.07) is 1.52. The molecule has 3 rings (SSSR count). The maximum absolute atomic E-state index is 12.5. The summed E-state index contributed by atoms with van der Waals surface area (Å²) < 4.78 is 0. The van der Waals surface area contributed by atoms with Gasteiger partial charge in [-0.2, -0.15) is 0 Å². The molecule has 1 saturated heterocycles. The Balaban J connectivity index is 1.87. The predicted octanol–water partition coefficient (Wildman–Crippen LogP) is 1.26. The molecule has 6 heteroatoms. The number of carbonyl (C=O) groups excluding carboxylic acids is 2. The number of amides is 1. The number of nitrogens with one attached hydrogen (secondary N) is 3. The molecule has 3 N–H and O–H groups in total. The smallest absolute Gasteiger partial charge is 0.261 e. The van der Waals surface area contributed by atoms with Crippen LogP contribution in [0.5, 0.6) is 0 Å². The van der Waals surface area contributed by atoms with Crippen molar-refractivity contribution in [2.24, 2.45) is 11.3 Å². The van der Waals surface area contributed by atoms with Crippen molar-refractivity contribution >= 4 is 11.7 Å². The van der Waals surface area contributed by atoms with E-state index >= 15 is 0 Å². The topological polar surface area (TPSA) is 91.1 Å². The zero-order chi connectivity index (χ0) is 17.5. The fourth-order valence-electron chi connectivity index (χ4n) is 3.67. The van der Waals surface area contributed by atoms with E-state index in [1.165, 1.54) is 6.07 Å². The van der Waals surface area contributed by atoms with Crippen LogP contribution in [0.25, 0.3) is 0 Å². The molecule has 1 fully saturated rings. The minimum atomic E-state index is -0.418. The second kappa shape index (κ2) is 6.16. The number of fused-ring (bicyclic) bond motifs is 1. The minimum absolute atomic E-state index is 0.0122. The number of Topliss-reactive ketones (excluding diaryl/α,β-unsaturated/α-hetero) is 1. The first kappa shape index (κ1) is 16.9. The van der Waals surface area contributed by atoms with E-state index in [9.17, 15) is 14.4 Å². The Morgan fingerprint density at radius 2 is 2.04 bits per heavy atom. The van der Waals surface area contributed by atoms with Gasteiger partial charge in [0.15, 0.2) is 5.78 Å². The number of hydrogen-bond acceptors (Lipinski definition) is 4. The molecule has 0 spiro atoms. The van der Waals surface area contributed by atoms with E-state index in [1.807, 2.05) is 13.8 Å². The molecule has 2 heterocycles. The summed E-state index contributed by atoms with van der Waals surface area (Å²) in [5.74, 6) is -0.0981. The van der Waals surface area contributed by atoms with Crippen molar-refractivity contribution in [3.05, 3.63) is 33.2 Å². The second-order valence-electron chi connectivity index (χ2n) is 7.90. The van der Waals surface area contributed by atoms with Crippen molar-refractivity contribution < 1.29 is 9.59 Å². The Kier molecular flexibility index (Phi) is 4.34. The lowest BCUT2D eigenvalue weighted by Crippen LogP contribution is -2.49. The first-order valence-corrected chi connectivity index (χ1v) is 8.58. The predicted molar refractivity (Wildman–Crippen MR) is 91.4 cm³/mol. The van der Waals surface area contributed by atoms with Gasteiger partial charge in [-0.05, 0) is 43.3 Å². The van der Waals surface area contributed by atoms with Crippen molar-refractivity contribution in [3.8, 4) is 0 Å². The second-order valence-corrected chi connectivity index (χ2v) is 7.90. The van der Waals surface area contributed by atoms with Crippen LogP contribution in [-0.4, -0.2) is 35.8 Å². The lowest BCUT2D eigenvalue weighted by atomic mass is 9.75. The van der Waals surface area contributed by atoms with E-state index in [0.717, 1.165) is 19.5 Å². The molecule has 6 nitrogen and oxygen atoms in total. The molecule has 2 unspecified atom stereocenters. The molecule has 24 heavy (non-hydrogen) atoms. The first-order chi connectivity index (χ1) is 11.3. The Bertz CT molecular complexity index is 736. The number of ketones is 1. The van der Waals surface area contributed by atoms with Gasteiger partial charge in [-0.1, -0.05) is 20.8 Å². The molecule has 0 aromatic carbocycles. The summed E-state index contributed by atoms with van der Waals surface area (Å²) in [5, 5.41) is 6.23. The van der Waals surface area contributed by atoms with E-state index in [-0.39, 0.29) is 22.8 Å². The Morgan fingerprint density at radius 3 is 2.75 bits per heavy atom. The highest BCUT2D eigenvalue weighted by atomic mass is 16.2. The summed E-state index contributed by atoms with van der Waals surface area (Å²) in [4.78, 5) is 40.0. The molecule has 2 atom stereocenters. The van der Waals surface area contributed by atoms with Gasteiger partial charge in [-0.15, -0.1) is 0 Å². The summed E-state index contributed by atoms with van der Waals surface area (Å²) in [6.45, 7) is 7.78. The molecule has 1 aliphatic heterocycles. The van der Waals surface area contributed by atoms with Crippen LogP contribution in [0.15, 0.2) is 10.9 Å². The third-order valence-corrected chi connectivity index (χ3v) is 5.06. The maximum atomic E-state index is 12.5. The van der Waals surface area contributed by atoms with Crippen molar-refractivity contribution in [2.45, 2.75) is 46.1 Å². The largest absolute Gasteiger partial charge is 0.349 e. The molecule has 1 aromatic heterocycles. The van der Waals surface area contributed by atoms with Crippen LogP contribution in [0.3, 0.4) is 0 Å². The highest BCUT2D eigenvalue weighted by Crippen LogP contribution is 2.33. The number of carbonyl (C=O) groups is 2. The van der Waals surface area contributed by atoms with Gasteiger partial charge in [-0.25, -0.2) is 0 Å². The summed E-state index contributed by atoms with van der Waals surface area (Å²) in [5.41, 5.74) is 0.581. The van der Waals surface area contributed by atoms with Crippen LogP contribution in [0.4, 0.5) is 0 Å². The van der Waals surface area contributed by atoms with Crippen LogP contribution < -0.4 is 16.2 Å². The Labute approximate surface area is 141 Å². The van der Waals surface area contributed by atoms with Crippen molar-refractivity contribution in [2.75, 3.05) is 13.1 Å². The fraction of sp³-hybridized carbons (Fsp3) is 0.611. The molecule has 0 bridgehead atoms. The number of aromatic nitrogens is 1. The van der Waals surface area contributed by atoms with Crippen LogP contribution in [-0.2, 0) is 6.42 Å². The molecule has 1 aliphatic carbocycles. The number of hydrogen-bond donors (Lipinski definition) is 3. The summed E-state index contributed by atoms with van der Waals surface area (Å²) in [6.07, 6.45) is 1.90. The fourth-order valence-corrected chi connectivity index (χ4v) is 3.67.